The lowest BCUT2D eigenvalue weighted by atomic mass is 9.67. The van der Waals surface area contributed by atoms with Crippen molar-refractivity contribution in [2.24, 2.45) is 23.7 Å². The van der Waals surface area contributed by atoms with Crippen LogP contribution in [0.4, 0.5) is 5.69 Å². The second-order valence-electron chi connectivity index (χ2n) is 11.2. The molecule has 0 aliphatic heterocycles. The molecule has 30 heavy (non-hydrogen) atoms. The summed E-state index contributed by atoms with van der Waals surface area (Å²) in [4.78, 5) is 0. The van der Waals surface area contributed by atoms with E-state index >= 15 is 0 Å². The minimum atomic E-state index is 0.472. The third-order valence-electron chi connectivity index (χ3n) is 8.68. The third-order valence-corrected chi connectivity index (χ3v) is 8.68. The smallest absolute Gasteiger partial charge is 0.0355 e. The Labute approximate surface area is 184 Å². The third kappa shape index (κ3) is 4.41. The molecule has 164 valence electrons. The van der Waals surface area contributed by atoms with Gasteiger partial charge in [-0.1, -0.05) is 39.8 Å². The lowest BCUT2D eigenvalue weighted by Crippen LogP contribution is -2.26. The molecule has 2 aliphatic rings. The summed E-state index contributed by atoms with van der Waals surface area (Å²) in [5, 5.41) is 2.72. The van der Waals surface area contributed by atoms with E-state index in [-0.39, 0.29) is 0 Å². The maximum absolute atomic E-state index is 6.35. The van der Waals surface area contributed by atoms with Gasteiger partial charge in [0.1, 0.15) is 0 Å². The van der Waals surface area contributed by atoms with Gasteiger partial charge in [-0.2, -0.15) is 0 Å². The van der Waals surface area contributed by atoms with Crippen LogP contribution >= 0.6 is 0 Å². The summed E-state index contributed by atoms with van der Waals surface area (Å²) >= 11 is 0. The first kappa shape index (κ1) is 21.7. The van der Waals surface area contributed by atoms with Gasteiger partial charge in [0, 0.05) is 5.69 Å². The molecule has 0 spiro atoms. The van der Waals surface area contributed by atoms with Gasteiger partial charge in [0.25, 0.3) is 0 Å². The molecule has 2 aromatic rings. The lowest BCUT2D eigenvalue weighted by molar-refractivity contribution is 0.142. The van der Waals surface area contributed by atoms with E-state index in [2.05, 4.69) is 58.9 Å². The second-order valence-corrected chi connectivity index (χ2v) is 11.2. The minimum absolute atomic E-state index is 0.472. The van der Waals surface area contributed by atoms with E-state index in [1.807, 2.05) is 0 Å². The van der Waals surface area contributed by atoms with Crippen LogP contribution in [-0.4, -0.2) is 0 Å². The largest absolute Gasteiger partial charge is 0.398 e. The van der Waals surface area contributed by atoms with Crippen molar-refractivity contribution in [2.45, 2.75) is 97.8 Å². The Morgan fingerprint density at radius 2 is 1.37 bits per heavy atom. The molecule has 0 aromatic heterocycles. The molecule has 0 saturated heterocycles. The molecule has 0 heterocycles. The van der Waals surface area contributed by atoms with Crippen LogP contribution in [0.5, 0.6) is 0 Å². The molecule has 1 heteroatoms. The van der Waals surface area contributed by atoms with Crippen molar-refractivity contribution >= 4 is 16.5 Å². The van der Waals surface area contributed by atoms with Crippen LogP contribution in [0, 0.1) is 30.6 Å². The van der Waals surface area contributed by atoms with E-state index in [9.17, 15) is 0 Å². The highest BCUT2D eigenvalue weighted by atomic mass is 14.6. The van der Waals surface area contributed by atoms with E-state index in [4.69, 9.17) is 5.73 Å². The van der Waals surface area contributed by atoms with Crippen molar-refractivity contribution in [1.29, 1.82) is 0 Å². The van der Waals surface area contributed by atoms with Gasteiger partial charge in [0.2, 0.25) is 0 Å². The number of hydrogen-bond donors (Lipinski definition) is 1. The van der Waals surface area contributed by atoms with E-state index in [1.165, 1.54) is 73.3 Å². The molecule has 2 aliphatic carbocycles. The zero-order chi connectivity index (χ0) is 21.4. The number of aryl methyl sites for hydroxylation is 1. The molecule has 2 saturated carbocycles. The number of hydrogen-bond acceptors (Lipinski definition) is 1. The van der Waals surface area contributed by atoms with Crippen LogP contribution in [0.15, 0.2) is 24.3 Å². The van der Waals surface area contributed by atoms with E-state index in [0.29, 0.717) is 5.92 Å². The number of benzene rings is 2. The first-order chi connectivity index (χ1) is 14.3. The molecular weight excluding hydrogens is 362 g/mol. The molecule has 4 rings (SSSR count). The molecule has 2 fully saturated rings. The Morgan fingerprint density at radius 3 is 1.93 bits per heavy atom. The first-order valence-corrected chi connectivity index (χ1v) is 12.7. The summed E-state index contributed by atoms with van der Waals surface area (Å²) in [6.45, 7) is 11.6. The number of nitrogens with two attached hydrogens (primary N) is 1. The summed E-state index contributed by atoms with van der Waals surface area (Å²) in [7, 11) is 0. The van der Waals surface area contributed by atoms with Crippen LogP contribution < -0.4 is 5.73 Å². The predicted octanol–water partition coefficient (Wildman–Crippen LogP) is 8.59. The van der Waals surface area contributed by atoms with Crippen LogP contribution in [0.1, 0.15) is 108 Å². The van der Waals surface area contributed by atoms with E-state index in [0.717, 1.165) is 35.3 Å². The number of fused-ring (bicyclic) bond motifs is 1. The Morgan fingerprint density at radius 1 is 0.767 bits per heavy atom. The monoisotopic (exact) mass is 405 g/mol. The van der Waals surface area contributed by atoms with Gasteiger partial charge in [-0.25, -0.2) is 0 Å². The number of nitrogen functional groups attached to an aromatic ring is 1. The highest BCUT2D eigenvalue weighted by Crippen LogP contribution is 2.45. The maximum atomic E-state index is 6.35. The quantitative estimate of drug-likeness (QED) is 0.506. The average molecular weight is 406 g/mol. The van der Waals surface area contributed by atoms with Crippen molar-refractivity contribution < 1.29 is 0 Å². The topological polar surface area (TPSA) is 26.0 Å². The summed E-state index contributed by atoms with van der Waals surface area (Å²) in [5.74, 6) is 5.09. The fourth-order valence-electron chi connectivity index (χ4n) is 6.60. The van der Waals surface area contributed by atoms with Crippen molar-refractivity contribution in [2.75, 3.05) is 5.73 Å². The maximum Gasteiger partial charge on any atom is 0.0355 e. The molecule has 0 atom stereocenters. The van der Waals surface area contributed by atoms with Crippen molar-refractivity contribution in [3.8, 4) is 0 Å². The highest BCUT2D eigenvalue weighted by molar-refractivity contribution is 5.90. The Balaban J connectivity index is 1.45. The lowest BCUT2D eigenvalue weighted by Gasteiger charge is -2.39. The van der Waals surface area contributed by atoms with Gasteiger partial charge < -0.3 is 5.73 Å². The van der Waals surface area contributed by atoms with Gasteiger partial charge in [-0.3, -0.25) is 0 Å². The zero-order valence-electron chi connectivity index (χ0n) is 20.0. The van der Waals surface area contributed by atoms with Crippen LogP contribution in [-0.2, 0) is 0 Å². The molecule has 0 unspecified atom stereocenters. The van der Waals surface area contributed by atoms with Crippen molar-refractivity contribution in [3.05, 3.63) is 41.0 Å². The molecular formula is C29H43N. The number of rotatable bonds is 4. The zero-order valence-corrected chi connectivity index (χ0v) is 20.0. The molecule has 2 aromatic carbocycles. The molecule has 0 bridgehead atoms. The molecule has 2 N–H and O–H groups in total. The average Bonchev–Trinajstić information content (AvgIpc) is 2.74. The van der Waals surface area contributed by atoms with Crippen LogP contribution in [0.2, 0.25) is 0 Å². The second kappa shape index (κ2) is 8.93. The van der Waals surface area contributed by atoms with Gasteiger partial charge in [0.05, 0.1) is 0 Å². The summed E-state index contributed by atoms with van der Waals surface area (Å²) in [6, 6.07) is 9.49. The van der Waals surface area contributed by atoms with Crippen LogP contribution in [0.3, 0.4) is 0 Å². The molecule has 0 amide bonds. The van der Waals surface area contributed by atoms with Gasteiger partial charge in [-0.05, 0) is 133 Å². The fraction of sp³-hybridized carbons (Fsp3) is 0.655. The summed E-state index contributed by atoms with van der Waals surface area (Å²) in [5.41, 5.74) is 11.5. The van der Waals surface area contributed by atoms with Crippen molar-refractivity contribution in [3.63, 3.8) is 0 Å². The Hall–Kier alpha value is -1.50. The van der Waals surface area contributed by atoms with E-state index < -0.39 is 0 Å². The van der Waals surface area contributed by atoms with Crippen LogP contribution in [0.25, 0.3) is 10.8 Å². The van der Waals surface area contributed by atoms with Gasteiger partial charge in [0.15, 0.2) is 0 Å². The van der Waals surface area contributed by atoms with Gasteiger partial charge in [-0.15, -0.1) is 0 Å². The minimum Gasteiger partial charge on any atom is -0.398 e. The Kier molecular flexibility index (Phi) is 6.47. The molecule has 0 radical (unpaired) electrons. The summed E-state index contributed by atoms with van der Waals surface area (Å²) in [6.07, 6.45) is 11.6. The fourth-order valence-corrected chi connectivity index (χ4v) is 6.60. The standard InChI is InChI=1S/C29H43N/c1-18(2)21-6-8-22(9-7-21)23-10-12-24(13-11-23)25-14-20(5)28-17-29(30)27(19(3)4)16-26(28)15-25/h14-19,21-24H,6-13,30H2,1-5H3. The normalized spacial score (nSPS) is 27.8. The van der Waals surface area contributed by atoms with Crippen molar-refractivity contribution in [1.82, 2.24) is 0 Å². The first-order valence-electron chi connectivity index (χ1n) is 12.7. The summed E-state index contributed by atoms with van der Waals surface area (Å²) < 4.78 is 0. The molecule has 1 nitrogen and oxygen atoms in total. The highest BCUT2D eigenvalue weighted by Gasteiger charge is 2.32. The van der Waals surface area contributed by atoms with E-state index in [1.54, 1.807) is 5.56 Å². The SMILES string of the molecule is Cc1cc(C2CCC(C3CCC(C(C)C)CC3)CC2)cc2cc(C(C)C)c(N)cc12. The number of anilines is 1. The predicted molar refractivity (Wildman–Crippen MR) is 132 cm³/mol. The van der Waals surface area contributed by atoms with Gasteiger partial charge >= 0.3 is 0 Å². The Bertz CT molecular complexity index is 862.